The molecule has 0 radical (unpaired) electrons. The number of benzene rings is 1. The van der Waals surface area contributed by atoms with Crippen LogP contribution in [-0.4, -0.2) is 34.6 Å². The van der Waals surface area contributed by atoms with E-state index >= 15 is 0 Å². The van der Waals surface area contributed by atoms with Crippen molar-refractivity contribution in [3.05, 3.63) is 26.3 Å². The molecule has 1 fully saturated rings. The molecule has 2 aromatic rings. The van der Waals surface area contributed by atoms with Crippen LogP contribution in [0.25, 0.3) is 11.0 Å². The summed E-state index contributed by atoms with van der Waals surface area (Å²) in [6.07, 6.45) is 1.06. The third-order valence-corrected chi connectivity index (χ3v) is 4.62. The minimum Gasteiger partial charge on any atom is -0.331 e. The molecule has 18 heavy (non-hydrogen) atoms. The molecule has 6 heteroatoms. The summed E-state index contributed by atoms with van der Waals surface area (Å²) in [7, 11) is 2.10. The molecule has 3 rings (SSSR count). The maximum absolute atomic E-state index is 13.7. The molecule has 0 aliphatic carbocycles. The summed E-state index contributed by atoms with van der Waals surface area (Å²) < 4.78 is 17.1. The maximum atomic E-state index is 13.7. The van der Waals surface area contributed by atoms with Gasteiger partial charge in [-0.15, -0.1) is 0 Å². The number of imidazole rings is 1. The quantitative estimate of drug-likeness (QED) is 0.609. The predicted octanol–water partition coefficient (Wildman–Crippen LogP) is 3.32. The van der Waals surface area contributed by atoms with Gasteiger partial charge in [0.1, 0.15) is 5.82 Å². The van der Waals surface area contributed by atoms with E-state index in [1.165, 1.54) is 0 Å². The second kappa shape index (κ2) is 4.57. The molecule has 1 unspecified atom stereocenters. The first-order valence-corrected chi connectivity index (χ1v) is 7.33. The van der Waals surface area contributed by atoms with Crippen LogP contribution < -0.4 is 0 Å². The van der Waals surface area contributed by atoms with Crippen LogP contribution >= 0.6 is 34.8 Å². The van der Waals surface area contributed by atoms with E-state index in [1.54, 1.807) is 6.07 Å². The Labute approximate surface area is 123 Å². The molecule has 1 aromatic heterocycles. The van der Waals surface area contributed by atoms with Gasteiger partial charge in [0, 0.05) is 12.6 Å². The number of halogens is 2. The van der Waals surface area contributed by atoms with Crippen molar-refractivity contribution in [1.82, 2.24) is 14.5 Å². The number of aromatic nitrogens is 2. The van der Waals surface area contributed by atoms with E-state index in [2.05, 4.69) is 21.5 Å². The monoisotopic (exact) mass is 377 g/mol. The smallest absolute Gasteiger partial charge is 0.178 e. The normalized spacial score (nSPS) is 20.9. The second-order valence-corrected chi connectivity index (χ2v) is 6.34. The Balaban J connectivity index is 2.19. The van der Waals surface area contributed by atoms with Crippen molar-refractivity contribution < 1.29 is 4.39 Å². The van der Waals surface area contributed by atoms with Gasteiger partial charge in [-0.2, -0.15) is 0 Å². The number of fused-ring (bicyclic) bond motifs is 1. The molecule has 2 heterocycles. The van der Waals surface area contributed by atoms with Gasteiger partial charge in [-0.3, -0.25) is 0 Å². The molecule has 0 saturated carbocycles. The third kappa shape index (κ3) is 2.00. The van der Waals surface area contributed by atoms with Gasteiger partial charge in [-0.25, -0.2) is 4.39 Å². The summed E-state index contributed by atoms with van der Waals surface area (Å²) in [5.41, 5.74) is 1.79. The minimum atomic E-state index is -0.183. The zero-order valence-electron chi connectivity index (χ0n) is 9.91. The second-order valence-electron chi connectivity index (χ2n) is 4.79. The first-order chi connectivity index (χ1) is 8.56. The standard InChI is InChI=1S/C12H13FIN3S/c1-16-3-2-7(6-16)17-11-4-8(13)9(14)5-10(11)15-12(17)18/h4-5,7H,2-3,6H2,1H3,(H,15,18). The van der Waals surface area contributed by atoms with Gasteiger partial charge in [0.05, 0.1) is 20.6 Å². The molecule has 1 N–H and O–H groups in total. The Morgan fingerprint density at radius 2 is 2.28 bits per heavy atom. The Morgan fingerprint density at radius 3 is 2.94 bits per heavy atom. The highest BCUT2D eigenvalue weighted by Crippen LogP contribution is 2.27. The van der Waals surface area contributed by atoms with Crippen molar-refractivity contribution in [2.75, 3.05) is 20.1 Å². The summed E-state index contributed by atoms with van der Waals surface area (Å²) in [6.45, 7) is 2.03. The fourth-order valence-electron chi connectivity index (χ4n) is 2.61. The van der Waals surface area contributed by atoms with Gasteiger partial charge in [0.2, 0.25) is 0 Å². The summed E-state index contributed by atoms with van der Waals surface area (Å²) in [5.74, 6) is -0.183. The number of nitrogens with one attached hydrogen (secondary N) is 1. The number of rotatable bonds is 1. The number of aromatic amines is 1. The van der Waals surface area contributed by atoms with Crippen LogP contribution in [0.2, 0.25) is 0 Å². The number of hydrogen-bond donors (Lipinski definition) is 1. The van der Waals surface area contributed by atoms with Crippen molar-refractivity contribution in [3.63, 3.8) is 0 Å². The molecule has 1 aromatic carbocycles. The molecular formula is C12H13FIN3S. The van der Waals surface area contributed by atoms with Crippen LogP contribution in [0.5, 0.6) is 0 Å². The minimum absolute atomic E-state index is 0.183. The lowest BCUT2D eigenvalue weighted by Gasteiger charge is -2.13. The van der Waals surface area contributed by atoms with Crippen molar-refractivity contribution in [3.8, 4) is 0 Å². The van der Waals surface area contributed by atoms with Crippen LogP contribution in [0.4, 0.5) is 4.39 Å². The molecule has 1 aliphatic heterocycles. The molecule has 0 amide bonds. The number of nitrogens with zero attached hydrogens (tertiary/aromatic N) is 2. The van der Waals surface area contributed by atoms with E-state index in [-0.39, 0.29) is 5.82 Å². The van der Waals surface area contributed by atoms with Gasteiger partial charge in [0.25, 0.3) is 0 Å². The Kier molecular flexibility index (Phi) is 3.19. The zero-order valence-corrected chi connectivity index (χ0v) is 12.9. The summed E-state index contributed by atoms with van der Waals surface area (Å²) in [6, 6.07) is 3.74. The molecule has 3 nitrogen and oxygen atoms in total. The summed E-state index contributed by atoms with van der Waals surface area (Å²) in [5, 5.41) is 0. The van der Waals surface area contributed by atoms with Crippen molar-refractivity contribution >= 4 is 45.8 Å². The van der Waals surface area contributed by atoms with E-state index in [9.17, 15) is 4.39 Å². The van der Waals surface area contributed by atoms with Crippen LogP contribution in [0.15, 0.2) is 12.1 Å². The van der Waals surface area contributed by atoms with Crippen LogP contribution in [-0.2, 0) is 0 Å². The number of likely N-dealkylation sites (tertiary alicyclic amines) is 1. The molecule has 96 valence electrons. The van der Waals surface area contributed by atoms with Gasteiger partial charge in [-0.05, 0) is 60.9 Å². The first kappa shape index (κ1) is 12.6. The Hall–Kier alpha value is -0.470. The summed E-state index contributed by atoms with van der Waals surface area (Å²) >= 11 is 7.38. The molecule has 0 spiro atoms. The van der Waals surface area contributed by atoms with Crippen LogP contribution in [0.1, 0.15) is 12.5 Å². The van der Waals surface area contributed by atoms with E-state index in [0.717, 1.165) is 30.5 Å². The van der Waals surface area contributed by atoms with E-state index in [0.29, 0.717) is 14.4 Å². The lowest BCUT2D eigenvalue weighted by Crippen LogP contribution is -2.16. The van der Waals surface area contributed by atoms with Crippen molar-refractivity contribution in [1.29, 1.82) is 0 Å². The zero-order chi connectivity index (χ0) is 12.9. The molecule has 0 bridgehead atoms. The SMILES string of the molecule is CN1CCC(n2c(=S)[nH]c3cc(I)c(F)cc32)C1. The van der Waals surface area contributed by atoms with E-state index in [4.69, 9.17) is 12.2 Å². The molecule has 1 aliphatic rings. The van der Waals surface area contributed by atoms with Crippen molar-refractivity contribution in [2.45, 2.75) is 12.5 Å². The lowest BCUT2D eigenvalue weighted by molar-refractivity contribution is 0.394. The average molecular weight is 377 g/mol. The highest BCUT2D eigenvalue weighted by Gasteiger charge is 2.23. The third-order valence-electron chi connectivity index (χ3n) is 3.49. The molecular weight excluding hydrogens is 364 g/mol. The highest BCUT2D eigenvalue weighted by atomic mass is 127. The number of likely N-dealkylation sites (N-methyl/N-ethyl adjacent to an activating group) is 1. The number of H-pyrrole nitrogens is 1. The van der Waals surface area contributed by atoms with Gasteiger partial charge < -0.3 is 14.5 Å². The van der Waals surface area contributed by atoms with Crippen LogP contribution in [0, 0.1) is 14.2 Å². The fourth-order valence-corrected chi connectivity index (χ4v) is 3.43. The highest BCUT2D eigenvalue weighted by molar-refractivity contribution is 14.1. The maximum Gasteiger partial charge on any atom is 0.178 e. The fraction of sp³-hybridized carbons (Fsp3) is 0.417. The van der Waals surface area contributed by atoms with Gasteiger partial charge >= 0.3 is 0 Å². The van der Waals surface area contributed by atoms with Crippen molar-refractivity contribution in [2.24, 2.45) is 0 Å². The Morgan fingerprint density at radius 1 is 1.50 bits per heavy atom. The van der Waals surface area contributed by atoms with Crippen LogP contribution in [0.3, 0.4) is 0 Å². The van der Waals surface area contributed by atoms with Gasteiger partial charge in [0.15, 0.2) is 4.77 Å². The van der Waals surface area contributed by atoms with E-state index < -0.39 is 0 Å². The first-order valence-electron chi connectivity index (χ1n) is 5.84. The number of hydrogen-bond acceptors (Lipinski definition) is 2. The summed E-state index contributed by atoms with van der Waals surface area (Å²) in [4.78, 5) is 5.45. The Bertz CT molecular complexity index is 663. The molecule has 1 saturated heterocycles. The largest absolute Gasteiger partial charge is 0.331 e. The van der Waals surface area contributed by atoms with E-state index in [1.807, 2.05) is 28.7 Å². The average Bonchev–Trinajstić information content (AvgIpc) is 2.83. The molecule has 1 atom stereocenters. The lowest BCUT2D eigenvalue weighted by atomic mass is 10.2. The predicted molar refractivity (Wildman–Crippen MR) is 80.9 cm³/mol. The topological polar surface area (TPSA) is 24.0 Å². The van der Waals surface area contributed by atoms with Gasteiger partial charge in [-0.1, -0.05) is 0 Å².